The largest absolute Gasteiger partial charge is 0.352 e. The van der Waals surface area contributed by atoms with Crippen molar-refractivity contribution in [1.29, 1.82) is 0 Å². The maximum Gasteiger partial charge on any atom is 0.237 e. The van der Waals surface area contributed by atoms with Crippen LogP contribution in [-0.2, 0) is 11.3 Å². The van der Waals surface area contributed by atoms with Gasteiger partial charge in [0.05, 0.1) is 6.04 Å². The monoisotopic (exact) mass is 268 g/mol. The van der Waals surface area contributed by atoms with Crippen molar-refractivity contribution >= 4 is 17.2 Å². The van der Waals surface area contributed by atoms with Crippen LogP contribution in [0.4, 0.5) is 0 Å². The Morgan fingerprint density at radius 2 is 2.00 bits per heavy atom. The number of thiophene rings is 1. The molecule has 0 aliphatic rings. The Hall–Kier alpha value is -0.870. The molecule has 0 saturated heterocycles. The highest BCUT2D eigenvalue weighted by molar-refractivity contribution is 7.08. The summed E-state index contributed by atoms with van der Waals surface area (Å²) in [5, 5.41) is 10.6. The topological polar surface area (TPSA) is 41.1 Å². The highest BCUT2D eigenvalue weighted by Gasteiger charge is 2.15. The summed E-state index contributed by atoms with van der Waals surface area (Å²) in [6.07, 6.45) is 1.97. The highest BCUT2D eigenvalue weighted by atomic mass is 32.1. The van der Waals surface area contributed by atoms with E-state index in [2.05, 4.69) is 42.2 Å². The fourth-order valence-electron chi connectivity index (χ4n) is 1.74. The van der Waals surface area contributed by atoms with Gasteiger partial charge in [0.15, 0.2) is 0 Å². The smallest absolute Gasteiger partial charge is 0.237 e. The Bertz CT molecular complexity index is 372. The van der Waals surface area contributed by atoms with E-state index < -0.39 is 0 Å². The second kappa shape index (κ2) is 7.54. The molecule has 1 rings (SSSR count). The van der Waals surface area contributed by atoms with Crippen LogP contribution < -0.4 is 10.6 Å². The first-order chi connectivity index (χ1) is 8.58. The minimum atomic E-state index is -0.148. The Morgan fingerprint density at radius 3 is 2.50 bits per heavy atom. The minimum absolute atomic E-state index is 0.0941. The third kappa shape index (κ3) is 4.42. The number of hydrogen-bond acceptors (Lipinski definition) is 3. The normalized spacial score (nSPS) is 12.7. The molecular formula is C14H24N2OS. The van der Waals surface area contributed by atoms with Gasteiger partial charge in [-0.3, -0.25) is 4.79 Å². The highest BCUT2D eigenvalue weighted by Crippen LogP contribution is 2.13. The summed E-state index contributed by atoms with van der Waals surface area (Å²) in [6.45, 7) is 8.97. The van der Waals surface area contributed by atoms with Crippen LogP contribution >= 0.6 is 11.3 Å². The zero-order valence-electron chi connectivity index (χ0n) is 11.7. The van der Waals surface area contributed by atoms with Gasteiger partial charge >= 0.3 is 0 Å². The quantitative estimate of drug-likeness (QED) is 0.798. The van der Waals surface area contributed by atoms with E-state index in [1.165, 1.54) is 11.1 Å². The molecule has 102 valence electrons. The molecule has 1 aromatic rings. The fourth-order valence-corrected chi connectivity index (χ4v) is 2.60. The lowest BCUT2D eigenvalue weighted by Gasteiger charge is -2.19. The van der Waals surface area contributed by atoms with E-state index >= 15 is 0 Å². The molecular weight excluding hydrogens is 244 g/mol. The number of rotatable bonds is 7. The molecule has 3 nitrogen and oxygen atoms in total. The maximum absolute atomic E-state index is 11.9. The van der Waals surface area contributed by atoms with E-state index in [0.717, 1.165) is 19.4 Å². The zero-order valence-corrected chi connectivity index (χ0v) is 12.6. The molecule has 0 aliphatic carbocycles. The standard InChI is InChI=1S/C14H24N2OS/c1-5-13(6-2)16-14(17)11(4)15-7-12-9-18-8-10(12)3/h8-9,11,13,15H,5-7H2,1-4H3,(H,16,17). The molecule has 1 aromatic heterocycles. The number of amides is 1. The molecule has 1 unspecified atom stereocenters. The predicted octanol–water partition coefficient (Wildman–Crippen LogP) is 2.84. The van der Waals surface area contributed by atoms with Gasteiger partial charge < -0.3 is 10.6 Å². The van der Waals surface area contributed by atoms with Crippen LogP contribution in [0.2, 0.25) is 0 Å². The van der Waals surface area contributed by atoms with E-state index in [-0.39, 0.29) is 11.9 Å². The van der Waals surface area contributed by atoms with Gasteiger partial charge in [-0.15, -0.1) is 0 Å². The van der Waals surface area contributed by atoms with Crippen LogP contribution in [0.25, 0.3) is 0 Å². The summed E-state index contributed by atoms with van der Waals surface area (Å²) in [4.78, 5) is 11.9. The Morgan fingerprint density at radius 1 is 1.33 bits per heavy atom. The summed E-state index contributed by atoms with van der Waals surface area (Å²) in [5.41, 5.74) is 2.57. The van der Waals surface area contributed by atoms with Crippen LogP contribution in [0, 0.1) is 6.92 Å². The lowest BCUT2D eigenvalue weighted by molar-refractivity contribution is -0.123. The molecule has 0 fully saturated rings. The van der Waals surface area contributed by atoms with Crippen molar-refractivity contribution in [3.8, 4) is 0 Å². The van der Waals surface area contributed by atoms with Crippen LogP contribution in [0.15, 0.2) is 10.8 Å². The summed E-state index contributed by atoms with van der Waals surface area (Å²) < 4.78 is 0. The first kappa shape index (κ1) is 15.2. The SMILES string of the molecule is CCC(CC)NC(=O)C(C)NCc1cscc1C. The summed E-state index contributed by atoms with van der Waals surface area (Å²) in [6, 6.07) is 0.148. The molecule has 0 radical (unpaired) electrons. The first-order valence-corrected chi connectivity index (χ1v) is 7.58. The van der Waals surface area contributed by atoms with Gasteiger partial charge in [0, 0.05) is 12.6 Å². The van der Waals surface area contributed by atoms with Gasteiger partial charge in [0.2, 0.25) is 5.91 Å². The van der Waals surface area contributed by atoms with Gasteiger partial charge in [0.1, 0.15) is 0 Å². The van der Waals surface area contributed by atoms with Crippen molar-refractivity contribution in [3.05, 3.63) is 21.9 Å². The maximum atomic E-state index is 11.9. The predicted molar refractivity (Wildman–Crippen MR) is 77.9 cm³/mol. The third-order valence-electron chi connectivity index (χ3n) is 3.29. The van der Waals surface area contributed by atoms with Crippen molar-refractivity contribution in [2.24, 2.45) is 0 Å². The molecule has 18 heavy (non-hydrogen) atoms. The Labute approximate surface area is 114 Å². The van der Waals surface area contributed by atoms with Crippen molar-refractivity contribution in [3.63, 3.8) is 0 Å². The van der Waals surface area contributed by atoms with Crippen molar-refractivity contribution in [2.75, 3.05) is 0 Å². The average molecular weight is 268 g/mol. The number of hydrogen-bond donors (Lipinski definition) is 2. The molecule has 0 bridgehead atoms. The molecule has 1 atom stereocenters. The number of carbonyl (C=O) groups excluding carboxylic acids is 1. The molecule has 0 aromatic carbocycles. The van der Waals surface area contributed by atoms with Crippen LogP contribution in [-0.4, -0.2) is 18.0 Å². The minimum Gasteiger partial charge on any atom is -0.352 e. The molecule has 0 aliphatic heterocycles. The zero-order chi connectivity index (χ0) is 13.5. The number of nitrogens with one attached hydrogen (secondary N) is 2. The second-order valence-electron chi connectivity index (χ2n) is 4.70. The van der Waals surface area contributed by atoms with Crippen LogP contribution in [0.1, 0.15) is 44.7 Å². The Balaban J connectivity index is 2.38. The molecule has 1 heterocycles. The van der Waals surface area contributed by atoms with Crippen molar-refractivity contribution in [1.82, 2.24) is 10.6 Å². The van der Waals surface area contributed by atoms with E-state index in [1.807, 2.05) is 6.92 Å². The summed E-state index contributed by atoms with van der Waals surface area (Å²) in [5.74, 6) is 0.0941. The van der Waals surface area contributed by atoms with E-state index in [0.29, 0.717) is 6.04 Å². The average Bonchev–Trinajstić information content (AvgIpc) is 2.78. The van der Waals surface area contributed by atoms with Crippen molar-refractivity contribution in [2.45, 2.75) is 59.2 Å². The second-order valence-corrected chi connectivity index (χ2v) is 5.45. The molecule has 0 spiro atoms. The fraction of sp³-hybridized carbons (Fsp3) is 0.643. The van der Waals surface area contributed by atoms with Crippen LogP contribution in [0.5, 0.6) is 0 Å². The molecule has 0 saturated carbocycles. The summed E-state index contributed by atoms with van der Waals surface area (Å²) in [7, 11) is 0. The molecule has 4 heteroatoms. The Kier molecular flexibility index (Phi) is 6.36. The lowest BCUT2D eigenvalue weighted by Crippen LogP contribution is -2.45. The van der Waals surface area contributed by atoms with E-state index in [1.54, 1.807) is 11.3 Å². The van der Waals surface area contributed by atoms with Crippen LogP contribution in [0.3, 0.4) is 0 Å². The summed E-state index contributed by atoms with van der Waals surface area (Å²) >= 11 is 1.70. The molecule has 2 N–H and O–H groups in total. The van der Waals surface area contributed by atoms with Crippen molar-refractivity contribution < 1.29 is 4.79 Å². The molecule has 1 amide bonds. The van der Waals surface area contributed by atoms with E-state index in [9.17, 15) is 4.79 Å². The first-order valence-electron chi connectivity index (χ1n) is 6.63. The van der Waals surface area contributed by atoms with Gasteiger partial charge in [-0.05, 0) is 48.6 Å². The van der Waals surface area contributed by atoms with Gasteiger partial charge in [-0.25, -0.2) is 0 Å². The van der Waals surface area contributed by atoms with Gasteiger partial charge in [0.25, 0.3) is 0 Å². The number of carbonyl (C=O) groups is 1. The van der Waals surface area contributed by atoms with Gasteiger partial charge in [-0.1, -0.05) is 13.8 Å². The number of aryl methyl sites for hydroxylation is 1. The lowest BCUT2D eigenvalue weighted by atomic mass is 10.1. The third-order valence-corrected chi connectivity index (χ3v) is 4.20. The van der Waals surface area contributed by atoms with E-state index in [4.69, 9.17) is 0 Å². The van der Waals surface area contributed by atoms with Gasteiger partial charge in [-0.2, -0.15) is 11.3 Å².